The van der Waals surface area contributed by atoms with Crippen molar-refractivity contribution in [1.82, 2.24) is 15.1 Å². The zero-order valence-corrected chi connectivity index (χ0v) is 22.8. The van der Waals surface area contributed by atoms with Crippen molar-refractivity contribution in [3.63, 3.8) is 0 Å². The zero-order chi connectivity index (χ0) is 26.6. The third kappa shape index (κ3) is 6.02. The molecule has 3 atom stereocenters. The number of benzene rings is 2. The van der Waals surface area contributed by atoms with Crippen molar-refractivity contribution in [3.05, 3.63) is 71.8 Å². The number of rotatable bonds is 8. The number of hydrogen-bond acceptors (Lipinski definition) is 5. The molecule has 2 aromatic rings. The van der Waals surface area contributed by atoms with E-state index in [0.29, 0.717) is 25.4 Å². The van der Waals surface area contributed by atoms with Crippen LogP contribution in [0.1, 0.15) is 43.7 Å². The standard InChI is InChI=1S/C29H38N4O3S/c1-28(2,30)26(35)31-24(19-37-18-21-11-6-4-7-12-21)25(34)33-16-10-15-29(20-33)23(17-32(3)27(29)36)22-13-8-5-9-14-22/h4-9,11-14,23-24H,10,15-20,30H2,1-3H3,(H,31,35)/t23-,24?,29-/m0/s1. The van der Waals surface area contributed by atoms with Gasteiger partial charge in [-0.05, 0) is 37.8 Å². The number of carbonyl (C=O) groups is 3. The number of nitrogens with one attached hydrogen (secondary N) is 1. The third-order valence-corrected chi connectivity index (χ3v) is 8.62. The van der Waals surface area contributed by atoms with Gasteiger partial charge >= 0.3 is 0 Å². The minimum absolute atomic E-state index is 0.0188. The van der Waals surface area contributed by atoms with Crippen molar-refractivity contribution >= 4 is 29.5 Å². The molecule has 2 aliphatic rings. The number of amides is 3. The molecule has 1 spiro atoms. The topological polar surface area (TPSA) is 95.7 Å². The summed E-state index contributed by atoms with van der Waals surface area (Å²) in [6.45, 7) is 4.83. The van der Waals surface area contributed by atoms with Gasteiger partial charge in [0.1, 0.15) is 6.04 Å². The molecular weight excluding hydrogens is 484 g/mol. The number of likely N-dealkylation sites (tertiary alicyclic amines) is 2. The summed E-state index contributed by atoms with van der Waals surface area (Å²) >= 11 is 1.60. The monoisotopic (exact) mass is 522 g/mol. The van der Waals surface area contributed by atoms with E-state index in [1.54, 1.807) is 35.4 Å². The van der Waals surface area contributed by atoms with Crippen LogP contribution in [0.25, 0.3) is 0 Å². The smallest absolute Gasteiger partial charge is 0.246 e. The second kappa shape index (κ2) is 11.3. The van der Waals surface area contributed by atoms with Crippen molar-refractivity contribution < 1.29 is 14.4 Å². The lowest BCUT2D eigenvalue weighted by Crippen LogP contribution is -2.60. The Balaban J connectivity index is 1.54. The maximum absolute atomic E-state index is 13.9. The van der Waals surface area contributed by atoms with E-state index in [1.807, 2.05) is 55.6 Å². The summed E-state index contributed by atoms with van der Waals surface area (Å²) < 4.78 is 0. The number of nitrogens with zero attached hydrogens (tertiary/aromatic N) is 2. The molecule has 0 aromatic heterocycles. The maximum atomic E-state index is 13.9. The quantitative estimate of drug-likeness (QED) is 0.556. The highest BCUT2D eigenvalue weighted by Crippen LogP contribution is 2.49. The van der Waals surface area contributed by atoms with Crippen LogP contribution >= 0.6 is 11.8 Å². The van der Waals surface area contributed by atoms with Gasteiger partial charge in [-0.3, -0.25) is 14.4 Å². The van der Waals surface area contributed by atoms with Gasteiger partial charge in [-0.2, -0.15) is 11.8 Å². The Hall–Kier alpha value is -2.84. The molecule has 37 heavy (non-hydrogen) atoms. The predicted molar refractivity (Wildman–Crippen MR) is 148 cm³/mol. The fourth-order valence-corrected chi connectivity index (χ4v) is 6.52. The summed E-state index contributed by atoms with van der Waals surface area (Å²) in [6.07, 6.45) is 1.49. The van der Waals surface area contributed by atoms with Crippen LogP contribution in [0.5, 0.6) is 0 Å². The largest absolute Gasteiger partial charge is 0.345 e. The first-order valence-corrected chi connectivity index (χ1v) is 14.1. The average Bonchev–Trinajstić information content (AvgIpc) is 3.13. The van der Waals surface area contributed by atoms with Crippen molar-refractivity contribution in [1.29, 1.82) is 0 Å². The Bertz CT molecular complexity index is 1110. The van der Waals surface area contributed by atoms with E-state index in [0.717, 1.165) is 29.7 Å². The molecule has 8 heteroatoms. The van der Waals surface area contributed by atoms with E-state index in [4.69, 9.17) is 5.73 Å². The molecule has 2 heterocycles. The first-order valence-electron chi connectivity index (χ1n) is 12.9. The second-order valence-electron chi connectivity index (χ2n) is 10.9. The zero-order valence-electron chi connectivity index (χ0n) is 22.0. The Morgan fingerprint density at radius 3 is 2.43 bits per heavy atom. The Morgan fingerprint density at radius 1 is 1.14 bits per heavy atom. The van der Waals surface area contributed by atoms with Gasteiger partial charge in [0.2, 0.25) is 17.7 Å². The fraction of sp³-hybridized carbons (Fsp3) is 0.483. The van der Waals surface area contributed by atoms with E-state index in [1.165, 1.54) is 0 Å². The molecule has 0 bridgehead atoms. The molecule has 2 aliphatic heterocycles. The summed E-state index contributed by atoms with van der Waals surface area (Å²) in [5.41, 5.74) is 6.58. The number of thioether (sulfide) groups is 1. The number of nitrogens with two attached hydrogens (primary N) is 1. The predicted octanol–water partition coefficient (Wildman–Crippen LogP) is 3.01. The molecule has 2 saturated heterocycles. The third-order valence-electron chi connectivity index (χ3n) is 7.52. The molecule has 0 saturated carbocycles. The molecule has 7 nitrogen and oxygen atoms in total. The minimum Gasteiger partial charge on any atom is -0.345 e. The first-order chi connectivity index (χ1) is 17.6. The van der Waals surface area contributed by atoms with Gasteiger partial charge in [0, 0.05) is 44.1 Å². The fourth-order valence-electron chi connectivity index (χ4n) is 5.51. The Kier molecular flexibility index (Phi) is 8.29. The van der Waals surface area contributed by atoms with Gasteiger partial charge in [-0.1, -0.05) is 60.7 Å². The molecule has 3 amide bonds. The van der Waals surface area contributed by atoms with E-state index >= 15 is 0 Å². The van der Waals surface area contributed by atoms with Crippen LogP contribution in [0.2, 0.25) is 0 Å². The van der Waals surface area contributed by atoms with Crippen LogP contribution in [-0.4, -0.2) is 71.5 Å². The molecule has 3 N–H and O–H groups in total. The summed E-state index contributed by atoms with van der Waals surface area (Å²) in [6, 6.07) is 19.5. The lowest BCUT2D eigenvalue weighted by Gasteiger charge is -2.43. The van der Waals surface area contributed by atoms with Crippen LogP contribution < -0.4 is 11.1 Å². The van der Waals surface area contributed by atoms with E-state index in [9.17, 15) is 14.4 Å². The highest BCUT2D eigenvalue weighted by molar-refractivity contribution is 7.98. The van der Waals surface area contributed by atoms with E-state index in [2.05, 4.69) is 17.4 Å². The van der Waals surface area contributed by atoms with Crippen molar-refractivity contribution in [2.24, 2.45) is 11.1 Å². The normalized spacial score (nSPS) is 22.8. The summed E-state index contributed by atoms with van der Waals surface area (Å²) in [7, 11) is 1.85. The van der Waals surface area contributed by atoms with Crippen LogP contribution in [0.4, 0.5) is 0 Å². The van der Waals surface area contributed by atoms with Crippen molar-refractivity contribution in [2.45, 2.75) is 49.9 Å². The lowest BCUT2D eigenvalue weighted by molar-refractivity contribution is -0.145. The molecule has 4 rings (SSSR count). The molecule has 0 radical (unpaired) electrons. The van der Waals surface area contributed by atoms with Gasteiger partial charge in [-0.25, -0.2) is 0 Å². The van der Waals surface area contributed by atoms with Crippen molar-refractivity contribution in [2.75, 3.05) is 32.4 Å². The van der Waals surface area contributed by atoms with Gasteiger partial charge in [0.15, 0.2) is 0 Å². The van der Waals surface area contributed by atoms with E-state index in [-0.39, 0.29) is 23.6 Å². The summed E-state index contributed by atoms with van der Waals surface area (Å²) in [5, 5.41) is 2.91. The van der Waals surface area contributed by atoms with Crippen LogP contribution in [0.3, 0.4) is 0 Å². The molecule has 0 aliphatic carbocycles. The molecular formula is C29H38N4O3S. The Labute approximate surface area is 224 Å². The first kappa shape index (κ1) is 27.2. The van der Waals surface area contributed by atoms with Gasteiger partial charge < -0.3 is 20.9 Å². The second-order valence-corrected chi connectivity index (χ2v) is 11.9. The molecule has 2 fully saturated rings. The maximum Gasteiger partial charge on any atom is 0.246 e. The van der Waals surface area contributed by atoms with Crippen molar-refractivity contribution in [3.8, 4) is 0 Å². The number of carbonyl (C=O) groups excluding carboxylic acids is 3. The lowest BCUT2D eigenvalue weighted by atomic mass is 9.69. The highest BCUT2D eigenvalue weighted by atomic mass is 32.2. The van der Waals surface area contributed by atoms with Gasteiger partial charge in [-0.15, -0.1) is 0 Å². The number of likely N-dealkylation sites (N-methyl/N-ethyl adjacent to an activating group) is 1. The summed E-state index contributed by atoms with van der Waals surface area (Å²) in [5.74, 6) is 0.763. The Morgan fingerprint density at radius 2 is 1.78 bits per heavy atom. The van der Waals surface area contributed by atoms with Gasteiger partial charge in [0.05, 0.1) is 11.0 Å². The highest BCUT2D eigenvalue weighted by Gasteiger charge is 2.55. The van der Waals surface area contributed by atoms with Crippen LogP contribution in [0.15, 0.2) is 60.7 Å². The molecule has 198 valence electrons. The SMILES string of the molecule is CN1C[C@@H](c2ccccc2)[C@@]2(CCCN(C(=O)C(CSCc3ccccc3)NC(=O)C(C)(C)N)C2)C1=O. The minimum atomic E-state index is -1.10. The molecule has 1 unspecified atom stereocenters. The number of hydrogen-bond donors (Lipinski definition) is 2. The van der Waals surface area contributed by atoms with Crippen LogP contribution in [-0.2, 0) is 20.1 Å². The van der Waals surface area contributed by atoms with Crippen LogP contribution in [0, 0.1) is 5.41 Å². The average molecular weight is 523 g/mol. The van der Waals surface area contributed by atoms with E-state index < -0.39 is 17.0 Å². The summed E-state index contributed by atoms with van der Waals surface area (Å²) in [4.78, 5) is 43.8. The number of piperidine rings is 1. The van der Waals surface area contributed by atoms with Gasteiger partial charge in [0.25, 0.3) is 0 Å². The molecule has 2 aromatic carbocycles.